The van der Waals surface area contributed by atoms with Crippen molar-refractivity contribution in [3.63, 3.8) is 0 Å². The molecule has 4 saturated carbocycles. The molecule has 6 atom stereocenters. The molecule has 5 aliphatic rings. The van der Waals surface area contributed by atoms with Gasteiger partial charge in [-0.25, -0.2) is 4.79 Å². The van der Waals surface area contributed by atoms with Crippen LogP contribution in [0.25, 0.3) is 0 Å². The van der Waals surface area contributed by atoms with Crippen molar-refractivity contribution in [2.45, 2.75) is 95.2 Å². The summed E-state index contributed by atoms with van der Waals surface area (Å²) in [6, 6.07) is 25.2. The number of nitrogens with one attached hydrogen (secondary N) is 2. The molecule has 2 amide bonds. The van der Waals surface area contributed by atoms with Crippen molar-refractivity contribution in [1.82, 2.24) is 10.2 Å². The maximum atomic E-state index is 13.2. The second-order valence-corrected chi connectivity index (χ2v) is 15.3. The van der Waals surface area contributed by atoms with Gasteiger partial charge < -0.3 is 30.3 Å². The average Bonchev–Trinajstić information content (AvgIpc) is 3.08. The molecule has 8 rings (SSSR count). The minimum atomic E-state index is -0.635. The van der Waals surface area contributed by atoms with E-state index in [2.05, 4.69) is 22.5 Å². The number of aliphatic hydroxyl groups excluding tert-OH is 2. The summed E-state index contributed by atoms with van der Waals surface area (Å²) < 4.78 is 13.3. The number of hydrogen-bond acceptors (Lipinski definition) is 6. The molecule has 3 aromatic rings. The molecule has 1 saturated heterocycles. The number of amides is 2. The molecule has 1 heterocycles. The summed E-state index contributed by atoms with van der Waals surface area (Å²) in [6.07, 6.45) is 5.69. The van der Waals surface area contributed by atoms with Crippen molar-refractivity contribution in [3.05, 3.63) is 101 Å². The van der Waals surface area contributed by atoms with Crippen LogP contribution in [-0.4, -0.2) is 52.4 Å². The highest BCUT2D eigenvalue weighted by Gasteiger charge is 2.51. The van der Waals surface area contributed by atoms with Gasteiger partial charge in [-0.15, -0.1) is 0 Å². The average molecular weight is 654 g/mol. The number of ether oxygens (including phenoxy) is 2. The predicted molar refractivity (Wildman–Crippen MR) is 186 cm³/mol. The topological polar surface area (TPSA) is 103 Å². The largest absolute Gasteiger partial charge is 0.392 e. The molecule has 0 spiro atoms. The Balaban J connectivity index is 1.05. The first kappa shape index (κ1) is 33.2. The van der Waals surface area contributed by atoms with E-state index in [9.17, 15) is 15.0 Å². The van der Waals surface area contributed by atoms with Gasteiger partial charge in [0.1, 0.15) is 0 Å². The maximum absolute atomic E-state index is 13.2. The van der Waals surface area contributed by atoms with E-state index in [4.69, 9.17) is 9.47 Å². The van der Waals surface area contributed by atoms with Gasteiger partial charge in [-0.1, -0.05) is 73.7 Å². The van der Waals surface area contributed by atoms with Crippen molar-refractivity contribution in [2.24, 2.45) is 23.7 Å². The van der Waals surface area contributed by atoms with Gasteiger partial charge in [0, 0.05) is 35.3 Å². The second kappa shape index (κ2) is 13.9. The third-order valence-corrected chi connectivity index (χ3v) is 11.7. The molecule has 8 nitrogen and oxygen atoms in total. The molecule has 48 heavy (non-hydrogen) atoms. The molecule has 256 valence electrons. The fraction of sp³-hybridized carbons (Fsp3) is 0.525. The lowest BCUT2D eigenvalue weighted by Crippen LogP contribution is -2.60. The van der Waals surface area contributed by atoms with Gasteiger partial charge in [0.05, 0.1) is 24.9 Å². The second-order valence-electron chi connectivity index (χ2n) is 15.3. The SMILES string of the molecule is CC1C(CN(C)C(C)C(O)c2ccccc2)OC(c2ccc(NC(=O)NC34CC5CC(CC(C5)C3)C4)cc2)OC1c1ccc(CO)cc1. The summed E-state index contributed by atoms with van der Waals surface area (Å²) in [5, 5.41) is 27.2. The fourth-order valence-corrected chi connectivity index (χ4v) is 9.34. The number of rotatable bonds is 10. The molecule has 6 unspecified atom stereocenters. The Labute approximate surface area is 284 Å². The van der Waals surface area contributed by atoms with Crippen LogP contribution in [0.5, 0.6) is 0 Å². The smallest absolute Gasteiger partial charge is 0.319 e. The lowest BCUT2D eigenvalue weighted by molar-refractivity contribution is -0.276. The summed E-state index contributed by atoms with van der Waals surface area (Å²) >= 11 is 0. The number of aliphatic hydroxyl groups is 2. The van der Waals surface area contributed by atoms with Crippen LogP contribution in [0.4, 0.5) is 10.5 Å². The number of benzene rings is 3. The Morgan fingerprint density at radius 2 is 1.50 bits per heavy atom. The quantitative estimate of drug-likeness (QED) is 0.186. The predicted octanol–water partition coefficient (Wildman–Crippen LogP) is 7.11. The van der Waals surface area contributed by atoms with Crippen LogP contribution in [-0.2, 0) is 16.1 Å². The third kappa shape index (κ3) is 7.05. The fourth-order valence-electron chi connectivity index (χ4n) is 9.34. The van der Waals surface area contributed by atoms with Gasteiger partial charge >= 0.3 is 6.03 Å². The number of anilines is 1. The number of hydrogen-bond donors (Lipinski definition) is 4. The molecule has 4 N–H and O–H groups in total. The van der Waals surface area contributed by atoms with E-state index in [1.165, 1.54) is 19.3 Å². The standard InChI is InChI=1S/C40H51N3O5/c1-25-35(23-43(3)26(2)36(45)31-7-5-4-6-8-31)47-38(48-37(25)32-11-9-27(24-44)10-12-32)33-13-15-34(16-14-33)41-39(46)42-40-20-28-17-29(21-40)19-30(18-28)22-40/h4-16,25-26,28-30,35-38,44-45H,17-24H2,1-3H3,(H2,41,42,46). The molecule has 3 aromatic carbocycles. The Kier molecular flexibility index (Phi) is 9.64. The maximum Gasteiger partial charge on any atom is 0.319 e. The molecule has 0 radical (unpaired) electrons. The lowest BCUT2D eigenvalue weighted by Gasteiger charge is -2.56. The van der Waals surface area contributed by atoms with Crippen molar-refractivity contribution >= 4 is 11.7 Å². The Hall–Kier alpha value is -3.27. The Morgan fingerprint density at radius 3 is 2.10 bits per heavy atom. The Morgan fingerprint density at radius 1 is 0.896 bits per heavy atom. The zero-order valence-electron chi connectivity index (χ0n) is 28.4. The van der Waals surface area contributed by atoms with Gasteiger partial charge in [-0.05, 0) is 99.1 Å². The highest BCUT2D eigenvalue weighted by Crippen LogP contribution is 2.55. The molecular weight excluding hydrogens is 602 g/mol. The lowest BCUT2D eigenvalue weighted by atomic mass is 9.53. The van der Waals surface area contributed by atoms with E-state index in [-0.39, 0.29) is 42.3 Å². The third-order valence-electron chi connectivity index (χ3n) is 11.7. The molecule has 5 fully saturated rings. The van der Waals surface area contributed by atoms with Gasteiger partial charge in [-0.2, -0.15) is 0 Å². The molecular formula is C40H51N3O5. The number of likely N-dealkylation sites (N-methyl/N-ethyl adjacent to an activating group) is 1. The summed E-state index contributed by atoms with van der Waals surface area (Å²) in [6.45, 7) is 4.77. The van der Waals surface area contributed by atoms with E-state index in [1.54, 1.807) is 0 Å². The zero-order chi connectivity index (χ0) is 33.4. The number of urea groups is 1. The molecule has 0 aromatic heterocycles. The van der Waals surface area contributed by atoms with Crippen LogP contribution >= 0.6 is 0 Å². The van der Waals surface area contributed by atoms with Crippen LogP contribution in [0.3, 0.4) is 0 Å². The monoisotopic (exact) mass is 653 g/mol. The number of carbonyl (C=O) groups is 1. The summed E-state index contributed by atoms with van der Waals surface area (Å²) in [5.74, 6) is 2.32. The normalized spacial score (nSPS) is 32.2. The molecule has 1 aliphatic heterocycles. The molecule has 8 heteroatoms. The van der Waals surface area contributed by atoms with E-state index >= 15 is 0 Å². The summed E-state index contributed by atoms with van der Waals surface area (Å²) in [7, 11) is 2.03. The van der Waals surface area contributed by atoms with Crippen molar-refractivity contribution in [1.29, 1.82) is 0 Å². The van der Waals surface area contributed by atoms with Crippen LogP contribution in [0.1, 0.15) is 93.1 Å². The highest BCUT2D eigenvalue weighted by molar-refractivity contribution is 5.89. The van der Waals surface area contributed by atoms with Crippen molar-refractivity contribution in [2.75, 3.05) is 18.9 Å². The first-order valence-electron chi connectivity index (χ1n) is 17.8. The van der Waals surface area contributed by atoms with Crippen LogP contribution in [0.2, 0.25) is 0 Å². The van der Waals surface area contributed by atoms with E-state index in [0.717, 1.165) is 65.0 Å². The highest BCUT2D eigenvalue weighted by atomic mass is 16.7. The van der Waals surface area contributed by atoms with E-state index in [0.29, 0.717) is 6.54 Å². The molecule has 4 aliphatic carbocycles. The van der Waals surface area contributed by atoms with E-state index < -0.39 is 12.4 Å². The minimum Gasteiger partial charge on any atom is -0.392 e. The van der Waals surface area contributed by atoms with Crippen LogP contribution in [0, 0.1) is 23.7 Å². The number of nitrogens with zero attached hydrogens (tertiary/aromatic N) is 1. The minimum absolute atomic E-state index is 0.0108. The van der Waals surface area contributed by atoms with Gasteiger partial charge in [-0.3, -0.25) is 4.90 Å². The van der Waals surface area contributed by atoms with Crippen LogP contribution in [0.15, 0.2) is 78.9 Å². The zero-order valence-corrected chi connectivity index (χ0v) is 28.4. The van der Waals surface area contributed by atoms with E-state index in [1.807, 2.05) is 92.8 Å². The van der Waals surface area contributed by atoms with Gasteiger partial charge in [0.15, 0.2) is 6.29 Å². The van der Waals surface area contributed by atoms with Gasteiger partial charge in [0.2, 0.25) is 0 Å². The summed E-state index contributed by atoms with van der Waals surface area (Å²) in [4.78, 5) is 15.4. The molecule has 4 bridgehead atoms. The Bertz CT molecular complexity index is 1500. The number of carbonyl (C=O) groups excluding carboxylic acids is 1. The first-order valence-corrected chi connectivity index (χ1v) is 17.8. The van der Waals surface area contributed by atoms with Crippen molar-refractivity contribution in [3.8, 4) is 0 Å². The first-order chi connectivity index (χ1) is 23.2. The van der Waals surface area contributed by atoms with Gasteiger partial charge in [0.25, 0.3) is 0 Å². The summed E-state index contributed by atoms with van der Waals surface area (Å²) in [5.41, 5.74) is 4.33. The van der Waals surface area contributed by atoms with Crippen LogP contribution < -0.4 is 10.6 Å². The van der Waals surface area contributed by atoms with Crippen molar-refractivity contribution < 1.29 is 24.5 Å².